The van der Waals surface area contributed by atoms with Crippen molar-refractivity contribution in [3.8, 4) is 0 Å². The number of carbonyl (C=O) groups excluding carboxylic acids is 1. The predicted molar refractivity (Wildman–Crippen MR) is 142 cm³/mol. The van der Waals surface area contributed by atoms with E-state index in [1.54, 1.807) is 0 Å². The fraction of sp³-hybridized carbons (Fsp3) is 0.536. The molecule has 5 heteroatoms. The van der Waals surface area contributed by atoms with Gasteiger partial charge in [-0.15, -0.1) is 0 Å². The van der Waals surface area contributed by atoms with Gasteiger partial charge in [0.2, 0.25) is 0 Å². The summed E-state index contributed by atoms with van der Waals surface area (Å²) in [5, 5.41) is 6.25. The Kier molecular flexibility index (Phi) is 12.4. The molecule has 0 aromatic rings. The summed E-state index contributed by atoms with van der Waals surface area (Å²) in [6.45, 7) is 16.8. The Hall–Kier alpha value is -2.69. The molecule has 6 N–H and O–H groups in total. The van der Waals surface area contributed by atoms with Gasteiger partial charge in [-0.05, 0) is 76.5 Å². The molecular formula is C28H46N4O. The van der Waals surface area contributed by atoms with Crippen LogP contribution in [0.15, 0.2) is 70.3 Å². The highest BCUT2D eigenvalue weighted by Gasteiger charge is 2.21. The first-order valence-corrected chi connectivity index (χ1v) is 12.3. The first-order valence-electron chi connectivity index (χ1n) is 12.3. The zero-order valence-electron chi connectivity index (χ0n) is 21.7. The fourth-order valence-electron chi connectivity index (χ4n) is 3.54. The molecule has 33 heavy (non-hydrogen) atoms. The van der Waals surface area contributed by atoms with E-state index in [-0.39, 0.29) is 11.9 Å². The molecule has 0 spiro atoms. The number of unbranched alkanes of at least 4 members (excludes halogenated alkanes) is 1. The Morgan fingerprint density at radius 3 is 2.36 bits per heavy atom. The smallest absolute Gasteiger partial charge is 0.251 e. The lowest BCUT2D eigenvalue weighted by molar-refractivity contribution is -0.117. The second-order valence-corrected chi connectivity index (χ2v) is 9.27. The topological polar surface area (TPSA) is 93.2 Å². The average molecular weight is 455 g/mol. The number of amides is 1. The second-order valence-electron chi connectivity index (χ2n) is 9.27. The molecule has 184 valence electrons. The Bertz CT molecular complexity index is 836. The molecule has 1 aliphatic rings. The Morgan fingerprint density at radius 2 is 1.85 bits per heavy atom. The lowest BCUT2D eigenvalue weighted by Crippen LogP contribution is -2.32. The number of nitrogens with two attached hydrogens (primary N) is 2. The van der Waals surface area contributed by atoms with Crippen LogP contribution in [-0.4, -0.2) is 18.5 Å². The maximum absolute atomic E-state index is 12.8. The average Bonchev–Trinajstić information content (AvgIpc) is 2.72. The molecule has 0 atom stereocenters. The SMILES string of the molecule is C=C(C(=O)NC(C)C)C(=C/NC/C(N)=C/C(C)=C(\N)C1CCC1)/C(/C=C\CCC)=C(/C)CC. The Morgan fingerprint density at radius 1 is 1.18 bits per heavy atom. The minimum atomic E-state index is -0.168. The van der Waals surface area contributed by atoms with E-state index >= 15 is 0 Å². The van der Waals surface area contributed by atoms with Crippen LogP contribution in [0.2, 0.25) is 0 Å². The highest BCUT2D eigenvalue weighted by atomic mass is 16.1. The van der Waals surface area contributed by atoms with Crippen LogP contribution in [0.5, 0.6) is 0 Å². The van der Waals surface area contributed by atoms with E-state index in [1.165, 1.54) is 24.8 Å². The van der Waals surface area contributed by atoms with Crippen LogP contribution in [-0.2, 0) is 4.79 Å². The van der Waals surface area contributed by atoms with Crippen molar-refractivity contribution in [1.29, 1.82) is 0 Å². The molecule has 0 aliphatic heterocycles. The summed E-state index contributed by atoms with van der Waals surface area (Å²) in [5.41, 5.74) is 18.7. The molecule has 0 unspecified atom stereocenters. The van der Waals surface area contributed by atoms with Crippen molar-refractivity contribution >= 4 is 5.91 Å². The quantitative estimate of drug-likeness (QED) is 0.218. The van der Waals surface area contributed by atoms with Crippen LogP contribution in [0.1, 0.15) is 80.1 Å². The van der Waals surface area contributed by atoms with E-state index in [0.717, 1.165) is 41.7 Å². The maximum atomic E-state index is 12.8. The molecule has 1 saturated carbocycles. The van der Waals surface area contributed by atoms with Crippen molar-refractivity contribution in [3.63, 3.8) is 0 Å². The first-order chi connectivity index (χ1) is 15.6. The summed E-state index contributed by atoms with van der Waals surface area (Å²) in [7, 11) is 0. The van der Waals surface area contributed by atoms with Crippen LogP contribution in [0, 0.1) is 5.92 Å². The lowest BCUT2D eigenvalue weighted by Gasteiger charge is -2.27. The molecule has 5 nitrogen and oxygen atoms in total. The highest BCUT2D eigenvalue weighted by molar-refractivity contribution is 5.99. The standard InChI is InChI=1S/C28H46N4O/c1-8-10-11-15-25(20(5)9-2)26(22(7)28(33)32-19(3)4)18-31-17-24(29)16-21(6)27(30)23-13-12-14-23/h11,15-16,18-19,23,31H,7-10,12-14,17,29-30H2,1-6H3,(H,32,33)/b15-11-,24-16-,25-20-,26-18-,27-21-. The Labute approximate surface area is 201 Å². The van der Waals surface area contributed by atoms with Gasteiger partial charge in [0.05, 0.1) is 6.54 Å². The third kappa shape index (κ3) is 9.37. The summed E-state index contributed by atoms with van der Waals surface area (Å²) >= 11 is 0. The van der Waals surface area contributed by atoms with Gasteiger partial charge in [-0.25, -0.2) is 0 Å². The van der Waals surface area contributed by atoms with Gasteiger partial charge in [-0.1, -0.05) is 51.0 Å². The highest BCUT2D eigenvalue weighted by Crippen LogP contribution is 2.32. The number of allylic oxidation sites excluding steroid dienone is 7. The van der Waals surface area contributed by atoms with Gasteiger partial charge >= 0.3 is 0 Å². The molecule has 0 saturated heterocycles. The van der Waals surface area contributed by atoms with E-state index in [0.29, 0.717) is 23.7 Å². The van der Waals surface area contributed by atoms with Crippen molar-refractivity contribution in [1.82, 2.24) is 10.6 Å². The van der Waals surface area contributed by atoms with Crippen molar-refractivity contribution in [2.75, 3.05) is 6.54 Å². The summed E-state index contributed by atoms with van der Waals surface area (Å²) < 4.78 is 0. The van der Waals surface area contributed by atoms with Gasteiger partial charge in [-0.3, -0.25) is 4.79 Å². The number of nitrogens with one attached hydrogen (secondary N) is 2. The summed E-state index contributed by atoms with van der Waals surface area (Å²) in [6, 6.07) is 0.0354. The molecule has 0 radical (unpaired) electrons. The van der Waals surface area contributed by atoms with Gasteiger partial charge in [0.1, 0.15) is 0 Å². The summed E-state index contributed by atoms with van der Waals surface area (Å²) in [4.78, 5) is 12.8. The monoisotopic (exact) mass is 454 g/mol. The normalized spacial score (nSPS) is 16.9. The van der Waals surface area contributed by atoms with Gasteiger partial charge in [0.15, 0.2) is 0 Å². The molecule has 0 aromatic heterocycles. The van der Waals surface area contributed by atoms with Gasteiger partial charge in [0.25, 0.3) is 5.91 Å². The van der Waals surface area contributed by atoms with Crippen molar-refractivity contribution in [2.45, 2.75) is 86.1 Å². The minimum Gasteiger partial charge on any atom is -0.402 e. The molecular weight excluding hydrogens is 408 g/mol. The van der Waals surface area contributed by atoms with Gasteiger partial charge in [0, 0.05) is 34.8 Å². The number of hydrogen-bond acceptors (Lipinski definition) is 4. The van der Waals surface area contributed by atoms with E-state index in [2.05, 4.69) is 50.1 Å². The zero-order valence-corrected chi connectivity index (χ0v) is 21.7. The van der Waals surface area contributed by atoms with E-state index in [1.807, 2.05) is 33.0 Å². The van der Waals surface area contributed by atoms with E-state index in [9.17, 15) is 4.79 Å². The largest absolute Gasteiger partial charge is 0.402 e. The lowest BCUT2D eigenvalue weighted by atomic mass is 9.81. The van der Waals surface area contributed by atoms with Gasteiger partial charge in [-0.2, -0.15) is 0 Å². The number of hydrogen-bond donors (Lipinski definition) is 4. The molecule has 0 aromatic carbocycles. The number of rotatable bonds is 13. The van der Waals surface area contributed by atoms with Crippen LogP contribution in [0.3, 0.4) is 0 Å². The molecule has 1 fully saturated rings. The van der Waals surface area contributed by atoms with Gasteiger partial charge < -0.3 is 22.1 Å². The maximum Gasteiger partial charge on any atom is 0.251 e. The minimum absolute atomic E-state index is 0.0354. The molecule has 1 amide bonds. The fourth-order valence-corrected chi connectivity index (χ4v) is 3.54. The van der Waals surface area contributed by atoms with E-state index in [4.69, 9.17) is 11.5 Å². The Balaban J connectivity index is 3.17. The molecule has 0 heterocycles. The van der Waals surface area contributed by atoms with Crippen molar-refractivity contribution in [3.05, 3.63) is 70.3 Å². The molecule has 1 rings (SSSR count). The van der Waals surface area contributed by atoms with Crippen molar-refractivity contribution in [2.24, 2.45) is 17.4 Å². The van der Waals surface area contributed by atoms with Crippen LogP contribution in [0.25, 0.3) is 0 Å². The number of carbonyl (C=O) groups is 1. The third-order valence-corrected chi connectivity index (χ3v) is 5.99. The summed E-state index contributed by atoms with van der Waals surface area (Å²) in [6.07, 6.45) is 14.6. The van der Waals surface area contributed by atoms with Crippen LogP contribution in [0.4, 0.5) is 0 Å². The van der Waals surface area contributed by atoms with E-state index < -0.39 is 0 Å². The predicted octanol–water partition coefficient (Wildman–Crippen LogP) is 5.50. The third-order valence-electron chi connectivity index (χ3n) is 5.99. The zero-order chi connectivity index (χ0) is 25.0. The van der Waals surface area contributed by atoms with Crippen LogP contribution < -0.4 is 22.1 Å². The second kappa shape index (κ2) is 14.5. The molecule has 0 bridgehead atoms. The first kappa shape index (κ1) is 28.3. The van der Waals surface area contributed by atoms with Crippen molar-refractivity contribution < 1.29 is 4.79 Å². The van der Waals surface area contributed by atoms with Crippen LogP contribution >= 0.6 is 0 Å². The summed E-state index contributed by atoms with van der Waals surface area (Å²) in [5.74, 6) is 0.329. The molecule has 1 aliphatic carbocycles.